The Labute approximate surface area is 220 Å². The highest BCUT2D eigenvalue weighted by Crippen LogP contribution is 2.31. The summed E-state index contributed by atoms with van der Waals surface area (Å²) in [5.41, 5.74) is 8.88. The predicted octanol–water partition coefficient (Wildman–Crippen LogP) is 3.87. The molecule has 2 fully saturated rings. The van der Waals surface area contributed by atoms with Crippen LogP contribution in [0.2, 0.25) is 0 Å². The van der Waals surface area contributed by atoms with Gasteiger partial charge in [0, 0.05) is 56.1 Å². The molecule has 2 saturated heterocycles. The van der Waals surface area contributed by atoms with E-state index in [0.717, 1.165) is 44.6 Å². The van der Waals surface area contributed by atoms with Crippen molar-refractivity contribution in [1.29, 1.82) is 0 Å². The molecule has 8 nitrogen and oxygen atoms in total. The number of piperazine rings is 1. The first kappa shape index (κ1) is 24.7. The standard InChI is InChI=1S/C28H32F2N8/c1-18-33-25-4-3-24(19-5-8-32-26(31)15-19)34-28(25)38(18)21-16-22(29)27(23(30)17-21)37-13-11-36(12-14-37)20-6-9-35(2)10-7-20/h3-5,8,15-17,20H,6-7,9-14H2,1-2H3,(H2,31,32). The summed E-state index contributed by atoms with van der Waals surface area (Å²) >= 11 is 0. The Balaban J connectivity index is 1.27. The molecule has 0 amide bonds. The van der Waals surface area contributed by atoms with Gasteiger partial charge in [0.05, 0.1) is 11.4 Å². The molecule has 6 rings (SSSR count). The third kappa shape index (κ3) is 4.58. The first-order valence-electron chi connectivity index (χ1n) is 13.1. The third-order valence-corrected chi connectivity index (χ3v) is 7.84. The van der Waals surface area contributed by atoms with Gasteiger partial charge in [-0.2, -0.15) is 0 Å². The molecule has 0 spiro atoms. The largest absolute Gasteiger partial charge is 0.384 e. The normalized spacial score (nSPS) is 17.9. The van der Waals surface area contributed by atoms with Crippen molar-refractivity contribution in [2.24, 2.45) is 0 Å². The minimum atomic E-state index is -0.577. The van der Waals surface area contributed by atoms with Gasteiger partial charge in [-0.05, 0) is 64.2 Å². The van der Waals surface area contributed by atoms with Gasteiger partial charge in [0.1, 0.15) is 22.8 Å². The molecule has 2 N–H and O–H groups in total. The summed E-state index contributed by atoms with van der Waals surface area (Å²) < 4.78 is 32.7. The van der Waals surface area contributed by atoms with Crippen LogP contribution in [0.5, 0.6) is 0 Å². The Hall–Kier alpha value is -3.63. The maximum absolute atomic E-state index is 15.5. The van der Waals surface area contributed by atoms with Crippen LogP contribution in [-0.2, 0) is 0 Å². The van der Waals surface area contributed by atoms with Crippen molar-refractivity contribution in [2.75, 3.05) is 56.9 Å². The topological polar surface area (TPSA) is 79.3 Å². The number of benzene rings is 1. The number of hydrogen-bond acceptors (Lipinski definition) is 7. The Bertz CT molecular complexity index is 1450. The molecule has 4 aromatic rings. The lowest BCUT2D eigenvalue weighted by atomic mass is 10.0. The highest BCUT2D eigenvalue weighted by molar-refractivity contribution is 5.78. The lowest BCUT2D eigenvalue weighted by molar-refractivity contribution is 0.115. The number of fused-ring (bicyclic) bond motifs is 1. The molecule has 2 aliphatic heterocycles. The predicted molar refractivity (Wildman–Crippen MR) is 145 cm³/mol. The summed E-state index contributed by atoms with van der Waals surface area (Å²) in [6.45, 7) is 6.84. The van der Waals surface area contributed by atoms with Crippen molar-refractivity contribution in [3.63, 3.8) is 0 Å². The molecule has 0 atom stereocenters. The van der Waals surface area contributed by atoms with Gasteiger partial charge in [-0.1, -0.05) is 0 Å². The lowest BCUT2D eigenvalue weighted by Gasteiger charge is -2.43. The van der Waals surface area contributed by atoms with Gasteiger partial charge in [0.15, 0.2) is 17.3 Å². The molecule has 3 aromatic heterocycles. The fourth-order valence-corrected chi connectivity index (χ4v) is 5.80. The second-order valence-electron chi connectivity index (χ2n) is 10.3. The van der Waals surface area contributed by atoms with Crippen LogP contribution >= 0.6 is 0 Å². The third-order valence-electron chi connectivity index (χ3n) is 7.84. The second-order valence-corrected chi connectivity index (χ2v) is 10.3. The minimum Gasteiger partial charge on any atom is -0.384 e. The second kappa shape index (κ2) is 9.92. The number of halogens is 2. The number of imidazole rings is 1. The zero-order valence-corrected chi connectivity index (χ0v) is 21.7. The van der Waals surface area contributed by atoms with Crippen molar-refractivity contribution in [3.05, 3.63) is 60.1 Å². The molecule has 1 aromatic carbocycles. The fourth-order valence-electron chi connectivity index (χ4n) is 5.80. The van der Waals surface area contributed by atoms with Crippen molar-refractivity contribution in [1.82, 2.24) is 29.3 Å². The molecule has 0 radical (unpaired) electrons. The number of likely N-dealkylation sites (tertiary alicyclic amines) is 1. The Kier molecular flexibility index (Phi) is 6.45. The highest BCUT2D eigenvalue weighted by Gasteiger charge is 2.29. The Morgan fingerprint density at radius 3 is 2.29 bits per heavy atom. The SMILES string of the molecule is Cc1nc2ccc(-c3ccnc(N)c3)nc2n1-c1cc(F)c(N2CCN(C3CCN(C)CC3)CC2)c(F)c1. The maximum Gasteiger partial charge on any atom is 0.165 e. The van der Waals surface area contributed by atoms with Gasteiger partial charge in [-0.3, -0.25) is 9.47 Å². The van der Waals surface area contributed by atoms with Gasteiger partial charge in [-0.15, -0.1) is 0 Å². The van der Waals surface area contributed by atoms with Crippen LogP contribution in [0.1, 0.15) is 18.7 Å². The molecule has 10 heteroatoms. The zero-order valence-electron chi connectivity index (χ0n) is 21.7. The average Bonchev–Trinajstić information content (AvgIpc) is 3.24. The number of nitrogens with zero attached hydrogens (tertiary/aromatic N) is 7. The molecule has 198 valence electrons. The first-order chi connectivity index (χ1) is 18.4. The molecule has 0 bridgehead atoms. The molecule has 0 saturated carbocycles. The highest BCUT2D eigenvalue weighted by atomic mass is 19.1. The van der Waals surface area contributed by atoms with Gasteiger partial charge in [-0.25, -0.2) is 23.7 Å². The van der Waals surface area contributed by atoms with Crippen LogP contribution in [0.25, 0.3) is 28.1 Å². The molecule has 38 heavy (non-hydrogen) atoms. The number of piperidine rings is 1. The molecule has 0 aliphatic carbocycles. The van der Waals surface area contributed by atoms with Crippen LogP contribution in [0.15, 0.2) is 42.6 Å². The number of aryl methyl sites for hydroxylation is 1. The van der Waals surface area contributed by atoms with Crippen LogP contribution < -0.4 is 10.6 Å². The summed E-state index contributed by atoms with van der Waals surface area (Å²) in [5, 5.41) is 0. The Morgan fingerprint density at radius 1 is 0.895 bits per heavy atom. The van der Waals surface area contributed by atoms with Crippen molar-refractivity contribution in [2.45, 2.75) is 25.8 Å². The summed E-state index contributed by atoms with van der Waals surface area (Å²) in [7, 11) is 2.16. The van der Waals surface area contributed by atoms with E-state index in [9.17, 15) is 0 Å². The van der Waals surface area contributed by atoms with E-state index in [4.69, 9.17) is 10.7 Å². The van der Waals surface area contributed by atoms with Crippen LogP contribution in [0, 0.1) is 18.6 Å². The van der Waals surface area contributed by atoms with Gasteiger partial charge < -0.3 is 15.5 Å². The summed E-state index contributed by atoms with van der Waals surface area (Å²) in [4.78, 5) is 20.0. The number of rotatable bonds is 4. The molecule has 5 heterocycles. The quantitative estimate of drug-likeness (QED) is 0.439. The number of pyridine rings is 2. The zero-order chi connectivity index (χ0) is 26.4. The van der Waals surface area contributed by atoms with Crippen molar-refractivity contribution in [3.8, 4) is 16.9 Å². The number of anilines is 2. The van der Waals surface area contributed by atoms with E-state index in [1.807, 2.05) is 23.1 Å². The number of hydrogen-bond donors (Lipinski definition) is 1. The van der Waals surface area contributed by atoms with Crippen molar-refractivity contribution < 1.29 is 8.78 Å². The molecular formula is C28H32F2N8. The number of nitrogen functional groups attached to an aromatic ring is 1. The summed E-state index contributed by atoms with van der Waals surface area (Å²) in [5.74, 6) is -0.169. The monoisotopic (exact) mass is 518 g/mol. The fraction of sp³-hybridized carbons (Fsp3) is 0.393. The first-order valence-corrected chi connectivity index (χ1v) is 13.1. The summed E-state index contributed by atoms with van der Waals surface area (Å²) in [6.07, 6.45) is 3.92. The maximum atomic E-state index is 15.5. The number of aromatic nitrogens is 4. The van der Waals surface area contributed by atoms with E-state index >= 15 is 8.78 Å². The summed E-state index contributed by atoms with van der Waals surface area (Å²) in [6, 6.07) is 10.6. The van der Waals surface area contributed by atoms with Crippen LogP contribution in [0.3, 0.4) is 0 Å². The van der Waals surface area contributed by atoms with E-state index in [1.165, 1.54) is 12.1 Å². The van der Waals surface area contributed by atoms with Crippen LogP contribution in [-0.4, -0.2) is 81.7 Å². The minimum absolute atomic E-state index is 0.0414. The van der Waals surface area contributed by atoms with E-state index in [1.54, 1.807) is 23.8 Å². The van der Waals surface area contributed by atoms with Gasteiger partial charge >= 0.3 is 0 Å². The van der Waals surface area contributed by atoms with Gasteiger partial charge in [0.25, 0.3) is 0 Å². The van der Waals surface area contributed by atoms with Gasteiger partial charge in [0.2, 0.25) is 0 Å². The average molecular weight is 519 g/mol. The smallest absolute Gasteiger partial charge is 0.165 e. The van der Waals surface area contributed by atoms with E-state index in [-0.39, 0.29) is 5.69 Å². The number of nitrogens with two attached hydrogens (primary N) is 1. The van der Waals surface area contributed by atoms with Crippen molar-refractivity contribution >= 4 is 22.7 Å². The Morgan fingerprint density at radius 2 is 1.61 bits per heavy atom. The van der Waals surface area contributed by atoms with E-state index < -0.39 is 11.6 Å². The lowest BCUT2D eigenvalue weighted by Crippen LogP contribution is -2.53. The van der Waals surface area contributed by atoms with E-state index in [2.05, 4.69) is 26.8 Å². The molecule has 0 unspecified atom stereocenters. The van der Waals surface area contributed by atoms with Crippen LogP contribution in [0.4, 0.5) is 20.3 Å². The van der Waals surface area contributed by atoms with E-state index in [0.29, 0.717) is 53.3 Å². The molecule has 2 aliphatic rings. The molecular weight excluding hydrogens is 486 g/mol.